The van der Waals surface area contributed by atoms with E-state index in [0.717, 1.165) is 13.1 Å². The third-order valence-corrected chi connectivity index (χ3v) is 3.77. The largest absolute Gasteiger partial charge is 0.354 e. The van der Waals surface area contributed by atoms with Crippen molar-refractivity contribution in [2.45, 2.75) is 25.3 Å². The number of nitrogens with one attached hydrogen (secondary N) is 1. The Morgan fingerprint density at radius 1 is 1.26 bits per heavy atom. The Kier molecular flexibility index (Phi) is 5.67. The number of carbonyl (C=O) groups excluding carboxylic acids is 1. The van der Waals surface area contributed by atoms with E-state index in [0.29, 0.717) is 18.8 Å². The molecule has 1 N–H and O–H groups in total. The standard InChI is InChI=1S/C15H21ClN2O/c16-9-8-15(19)17-12-14(18-10-4-5-11-18)13-6-2-1-3-7-13/h1-3,6-7,14H,4-5,8-12H2,(H,17,19). The van der Waals surface area contributed by atoms with Gasteiger partial charge in [-0.15, -0.1) is 11.6 Å². The molecular weight excluding hydrogens is 260 g/mol. The van der Waals surface area contributed by atoms with Crippen LogP contribution in [0.5, 0.6) is 0 Å². The predicted molar refractivity (Wildman–Crippen MR) is 78.3 cm³/mol. The Balaban J connectivity index is 2.00. The summed E-state index contributed by atoms with van der Waals surface area (Å²) in [5.74, 6) is 0.418. The van der Waals surface area contributed by atoms with Gasteiger partial charge in [-0.2, -0.15) is 0 Å². The smallest absolute Gasteiger partial charge is 0.221 e. The minimum absolute atomic E-state index is 0.0372. The van der Waals surface area contributed by atoms with Crippen molar-refractivity contribution in [2.24, 2.45) is 0 Å². The number of nitrogens with zero attached hydrogens (tertiary/aromatic N) is 1. The Morgan fingerprint density at radius 3 is 2.58 bits per heavy atom. The van der Waals surface area contributed by atoms with Crippen LogP contribution < -0.4 is 5.32 Å². The first-order valence-corrected chi connectivity index (χ1v) is 7.46. The van der Waals surface area contributed by atoms with Crippen molar-refractivity contribution in [1.29, 1.82) is 0 Å². The van der Waals surface area contributed by atoms with Gasteiger partial charge in [0.15, 0.2) is 0 Å². The molecule has 1 unspecified atom stereocenters. The lowest BCUT2D eigenvalue weighted by Gasteiger charge is -2.28. The molecule has 1 fully saturated rings. The van der Waals surface area contributed by atoms with Crippen LogP contribution in [-0.4, -0.2) is 36.3 Å². The normalized spacial score (nSPS) is 17.3. The number of hydrogen-bond acceptors (Lipinski definition) is 2. The van der Waals surface area contributed by atoms with Gasteiger partial charge in [-0.05, 0) is 31.5 Å². The molecular formula is C15H21ClN2O. The van der Waals surface area contributed by atoms with Gasteiger partial charge in [0.05, 0.1) is 6.04 Å². The van der Waals surface area contributed by atoms with E-state index in [-0.39, 0.29) is 11.9 Å². The Labute approximate surface area is 119 Å². The van der Waals surface area contributed by atoms with E-state index in [1.807, 2.05) is 6.07 Å². The SMILES string of the molecule is O=C(CCCl)NCC(c1ccccc1)N1CCCC1. The molecule has 104 valence electrons. The molecule has 1 aliphatic rings. The fourth-order valence-electron chi connectivity index (χ4n) is 2.57. The molecule has 0 spiro atoms. The Morgan fingerprint density at radius 2 is 1.95 bits per heavy atom. The fourth-order valence-corrected chi connectivity index (χ4v) is 2.74. The van der Waals surface area contributed by atoms with E-state index in [2.05, 4.69) is 34.5 Å². The lowest BCUT2D eigenvalue weighted by Crippen LogP contribution is -2.36. The van der Waals surface area contributed by atoms with Crippen LogP contribution in [-0.2, 0) is 4.79 Å². The summed E-state index contributed by atoms with van der Waals surface area (Å²) in [5.41, 5.74) is 1.27. The average molecular weight is 281 g/mol. The summed E-state index contributed by atoms with van der Waals surface area (Å²) >= 11 is 5.58. The third kappa shape index (κ3) is 4.22. The number of halogens is 1. The molecule has 1 saturated heterocycles. The van der Waals surface area contributed by atoms with Gasteiger partial charge in [0.2, 0.25) is 5.91 Å². The van der Waals surface area contributed by atoms with Gasteiger partial charge < -0.3 is 5.32 Å². The minimum atomic E-state index is 0.0372. The van der Waals surface area contributed by atoms with Gasteiger partial charge in [0.25, 0.3) is 0 Å². The first-order valence-electron chi connectivity index (χ1n) is 6.93. The van der Waals surface area contributed by atoms with Crippen molar-refractivity contribution in [2.75, 3.05) is 25.5 Å². The third-order valence-electron chi connectivity index (χ3n) is 3.58. The molecule has 2 rings (SSSR count). The number of likely N-dealkylation sites (tertiary alicyclic amines) is 1. The van der Waals surface area contributed by atoms with Gasteiger partial charge in [0.1, 0.15) is 0 Å². The number of hydrogen-bond donors (Lipinski definition) is 1. The summed E-state index contributed by atoms with van der Waals surface area (Å²) in [6, 6.07) is 10.7. The maximum absolute atomic E-state index is 11.6. The summed E-state index contributed by atoms with van der Waals surface area (Å²) in [7, 11) is 0. The van der Waals surface area contributed by atoms with E-state index >= 15 is 0 Å². The quantitative estimate of drug-likeness (QED) is 0.813. The van der Waals surface area contributed by atoms with Crippen LogP contribution in [0.3, 0.4) is 0 Å². The van der Waals surface area contributed by atoms with Crippen molar-refractivity contribution in [3.63, 3.8) is 0 Å². The highest BCUT2D eigenvalue weighted by atomic mass is 35.5. The molecule has 1 aromatic carbocycles. The number of benzene rings is 1. The molecule has 19 heavy (non-hydrogen) atoms. The molecule has 0 saturated carbocycles. The van der Waals surface area contributed by atoms with Crippen LogP contribution in [0, 0.1) is 0 Å². The fraction of sp³-hybridized carbons (Fsp3) is 0.533. The molecule has 1 amide bonds. The van der Waals surface area contributed by atoms with Crippen LogP contribution in [0.2, 0.25) is 0 Å². The van der Waals surface area contributed by atoms with Crippen molar-refractivity contribution >= 4 is 17.5 Å². The van der Waals surface area contributed by atoms with Crippen LogP contribution in [0.4, 0.5) is 0 Å². The van der Waals surface area contributed by atoms with E-state index < -0.39 is 0 Å². The summed E-state index contributed by atoms with van der Waals surface area (Å²) in [6.07, 6.45) is 2.89. The van der Waals surface area contributed by atoms with E-state index in [1.54, 1.807) is 0 Å². The van der Waals surface area contributed by atoms with Gasteiger partial charge >= 0.3 is 0 Å². The van der Waals surface area contributed by atoms with Gasteiger partial charge in [-0.25, -0.2) is 0 Å². The summed E-state index contributed by atoms with van der Waals surface area (Å²) in [4.78, 5) is 14.0. The van der Waals surface area contributed by atoms with Gasteiger partial charge in [-0.3, -0.25) is 9.69 Å². The summed E-state index contributed by atoms with van der Waals surface area (Å²) in [6.45, 7) is 2.90. The Hall–Kier alpha value is -1.06. The second-order valence-corrected chi connectivity index (χ2v) is 5.29. The highest BCUT2D eigenvalue weighted by molar-refractivity contribution is 6.18. The average Bonchev–Trinajstić information content (AvgIpc) is 2.94. The van der Waals surface area contributed by atoms with Crippen molar-refractivity contribution in [1.82, 2.24) is 10.2 Å². The topological polar surface area (TPSA) is 32.3 Å². The second-order valence-electron chi connectivity index (χ2n) is 4.91. The first-order chi connectivity index (χ1) is 9.31. The minimum Gasteiger partial charge on any atom is -0.354 e. The highest BCUT2D eigenvalue weighted by Crippen LogP contribution is 2.24. The predicted octanol–water partition coefficient (Wildman–Crippen LogP) is 2.57. The van der Waals surface area contributed by atoms with E-state index in [4.69, 9.17) is 11.6 Å². The van der Waals surface area contributed by atoms with E-state index in [1.165, 1.54) is 18.4 Å². The maximum atomic E-state index is 11.6. The number of rotatable bonds is 6. The van der Waals surface area contributed by atoms with Crippen molar-refractivity contribution < 1.29 is 4.79 Å². The summed E-state index contributed by atoms with van der Waals surface area (Å²) < 4.78 is 0. The molecule has 0 aromatic heterocycles. The molecule has 0 radical (unpaired) electrons. The number of alkyl halides is 1. The highest BCUT2D eigenvalue weighted by Gasteiger charge is 2.23. The van der Waals surface area contributed by atoms with Crippen LogP contribution >= 0.6 is 11.6 Å². The maximum Gasteiger partial charge on any atom is 0.221 e. The van der Waals surface area contributed by atoms with Gasteiger partial charge in [0, 0.05) is 18.8 Å². The van der Waals surface area contributed by atoms with Gasteiger partial charge in [-0.1, -0.05) is 30.3 Å². The molecule has 1 atom stereocenters. The van der Waals surface area contributed by atoms with Crippen molar-refractivity contribution in [3.05, 3.63) is 35.9 Å². The zero-order valence-electron chi connectivity index (χ0n) is 11.1. The molecule has 0 aliphatic carbocycles. The lowest BCUT2D eigenvalue weighted by molar-refractivity contribution is -0.120. The van der Waals surface area contributed by atoms with Crippen LogP contribution in [0.1, 0.15) is 30.9 Å². The first kappa shape index (κ1) is 14.4. The molecule has 0 bridgehead atoms. The Bertz CT molecular complexity index is 390. The zero-order valence-corrected chi connectivity index (χ0v) is 11.9. The molecule has 3 nitrogen and oxygen atoms in total. The number of carbonyl (C=O) groups is 1. The van der Waals surface area contributed by atoms with E-state index in [9.17, 15) is 4.79 Å². The second kappa shape index (κ2) is 7.51. The van der Waals surface area contributed by atoms with Crippen LogP contribution in [0.15, 0.2) is 30.3 Å². The number of amides is 1. The van der Waals surface area contributed by atoms with Crippen LogP contribution in [0.25, 0.3) is 0 Å². The lowest BCUT2D eigenvalue weighted by atomic mass is 10.1. The molecule has 1 aliphatic heterocycles. The monoisotopic (exact) mass is 280 g/mol. The van der Waals surface area contributed by atoms with Crippen molar-refractivity contribution in [3.8, 4) is 0 Å². The molecule has 1 heterocycles. The summed E-state index contributed by atoms with van der Waals surface area (Å²) in [5, 5.41) is 2.99. The zero-order chi connectivity index (χ0) is 13.5. The molecule has 4 heteroatoms. The molecule has 1 aromatic rings.